The van der Waals surface area contributed by atoms with E-state index in [0.717, 1.165) is 25.7 Å². The summed E-state index contributed by atoms with van der Waals surface area (Å²) in [6.45, 7) is 2.89. The number of benzene rings is 1. The molecule has 1 aliphatic heterocycles. The van der Waals surface area contributed by atoms with E-state index in [4.69, 9.17) is 4.74 Å². The first kappa shape index (κ1) is 12.7. The van der Waals surface area contributed by atoms with Crippen molar-refractivity contribution < 1.29 is 14.9 Å². The highest BCUT2D eigenvalue weighted by atomic mass is 16.6. The van der Waals surface area contributed by atoms with Crippen LogP contribution in [0.15, 0.2) is 18.2 Å². The monoisotopic (exact) mass is 274 g/mol. The number of aromatic hydroxyl groups is 1. The second kappa shape index (κ2) is 4.22. The highest BCUT2D eigenvalue weighted by Gasteiger charge is 2.55. The van der Waals surface area contributed by atoms with Gasteiger partial charge in [0.2, 0.25) is 0 Å². The van der Waals surface area contributed by atoms with Crippen molar-refractivity contribution in [3.8, 4) is 5.75 Å². The molecule has 1 saturated carbocycles. The number of phenols is 1. The van der Waals surface area contributed by atoms with Crippen molar-refractivity contribution in [3.63, 3.8) is 0 Å². The van der Waals surface area contributed by atoms with Gasteiger partial charge in [0.1, 0.15) is 5.75 Å². The summed E-state index contributed by atoms with van der Waals surface area (Å²) >= 11 is 0. The molecule has 1 aromatic carbocycles. The molecule has 1 heterocycles. The van der Waals surface area contributed by atoms with Crippen LogP contribution in [-0.4, -0.2) is 23.1 Å². The summed E-state index contributed by atoms with van der Waals surface area (Å²) in [6.07, 6.45) is 3.75. The minimum Gasteiger partial charge on any atom is -0.508 e. The molecule has 2 fully saturated rings. The number of hydrogen-bond donors (Lipinski definition) is 2. The first-order chi connectivity index (χ1) is 9.59. The third-order valence-corrected chi connectivity index (χ3v) is 6.15. The first-order valence-electron chi connectivity index (χ1n) is 7.71. The molecule has 0 amide bonds. The average molecular weight is 274 g/mol. The number of aliphatic hydroxyl groups is 1. The number of rotatable bonds is 0. The molecule has 3 heteroatoms. The van der Waals surface area contributed by atoms with E-state index in [1.54, 1.807) is 0 Å². The van der Waals surface area contributed by atoms with Crippen molar-refractivity contribution in [1.82, 2.24) is 0 Å². The molecule has 20 heavy (non-hydrogen) atoms. The molecule has 0 bridgehead atoms. The molecule has 0 unspecified atom stereocenters. The van der Waals surface area contributed by atoms with E-state index in [1.165, 1.54) is 11.1 Å². The van der Waals surface area contributed by atoms with Gasteiger partial charge in [0, 0.05) is 5.41 Å². The molecule has 3 nitrogen and oxygen atoms in total. The summed E-state index contributed by atoms with van der Waals surface area (Å²) < 4.78 is 5.57. The molecule has 1 saturated heterocycles. The lowest BCUT2D eigenvalue weighted by molar-refractivity contribution is -0.124. The van der Waals surface area contributed by atoms with Crippen molar-refractivity contribution in [3.05, 3.63) is 29.3 Å². The van der Waals surface area contributed by atoms with Crippen LogP contribution in [0.1, 0.15) is 43.2 Å². The molecule has 2 N–H and O–H groups in total. The Hall–Kier alpha value is -1.06. The Labute approximate surface area is 119 Å². The summed E-state index contributed by atoms with van der Waals surface area (Å²) in [5.74, 6) is 2.04. The highest BCUT2D eigenvalue weighted by Crippen LogP contribution is 2.58. The van der Waals surface area contributed by atoms with Crippen molar-refractivity contribution in [2.75, 3.05) is 6.61 Å². The maximum Gasteiger partial charge on any atom is 0.160 e. The lowest BCUT2D eigenvalue weighted by Gasteiger charge is -2.48. The fourth-order valence-electron chi connectivity index (χ4n) is 4.92. The lowest BCUT2D eigenvalue weighted by Crippen LogP contribution is -2.44. The second-order valence-electron chi connectivity index (χ2n) is 7.03. The number of aryl methyl sites for hydroxylation is 1. The number of ether oxygens (including phenoxy) is 1. The molecule has 0 spiro atoms. The van der Waals surface area contributed by atoms with Crippen LogP contribution in [-0.2, 0) is 11.2 Å². The van der Waals surface area contributed by atoms with Crippen LogP contribution in [0.2, 0.25) is 0 Å². The molecule has 0 radical (unpaired) electrons. The molecule has 5 atom stereocenters. The largest absolute Gasteiger partial charge is 0.508 e. The summed E-state index contributed by atoms with van der Waals surface area (Å²) in [5, 5.41) is 19.8. The standard InChI is InChI=1S/C17H22O3/c1-17-7-6-13-12-5-3-11(18)8-10(12)2-4-14(13)15(17)9-20-16(17)19/h3,5,8,13-16,18-19H,2,4,6-7,9H2,1H3/t13-,14-,15+,16+,17+/m1/s1. The van der Waals surface area contributed by atoms with Crippen molar-refractivity contribution in [1.29, 1.82) is 0 Å². The van der Waals surface area contributed by atoms with Crippen LogP contribution in [0.3, 0.4) is 0 Å². The van der Waals surface area contributed by atoms with Crippen LogP contribution in [0, 0.1) is 17.3 Å². The number of hydrogen-bond acceptors (Lipinski definition) is 3. The van der Waals surface area contributed by atoms with E-state index in [2.05, 4.69) is 13.0 Å². The first-order valence-corrected chi connectivity index (χ1v) is 7.71. The Morgan fingerprint density at radius 2 is 2.15 bits per heavy atom. The summed E-state index contributed by atoms with van der Waals surface area (Å²) in [6, 6.07) is 5.85. The molecule has 2 aliphatic carbocycles. The van der Waals surface area contributed by atoms with E-state index < -0.39 is 6.29 Å². The zero-order valence-corrected chi connectivity index (χ0v) is 11.9. The zero-order valence-electron chi connectivity index (χ0n) is 11.9. The quantitative estimate of drug-likeness (QED) is 0.765. The Balaban J connectivity index is 1.71. The minimum atomic E-state index is -0.588. The van der Waals surface area contributed by atoms with Crippen molar-refractivity contribution in [2.24, 2.45) is 17.3 Å². The Morgan fingerprint density at radius 1 is 1.30 bits per heavy atom. The van der Waals surface area contributed by atoms with E-state index in [-0.39, 0.29) is 5.41 Å². The third kappa shape index (κ3) is 1.60. The normalized spacial score (nSPS) is 42.7. The van der Waals surface area contributed by atoms with Gasteiger partial charge in [-0.05, 0) is 66.7 Å². The summed E-state index contributed by atoms with van der Waals surface area (Å²) in [4.78, 5) is 0. The van der Waals surface area contributed by atoms with Gasteiger partial charge in [0.05, 0.1) is 6.61 Å². The number of aliphatic hydroxyl groups excluding tert-OH is 1. The molecule has 0 aromatic heterocycles. The van der Waals surface area contributed by atoms with Crippen LogP contribution >= 0.6 is 0 Å². The maximum atomic E-state index is 10.2. The van der Waals surface area contributed by atoms with E-state index >= 15 is 0 Å². The van der Waals surface area contributed by atoms with Gasteiger partial charge in [-0.2, -0.15) is 0 Å². The van der Waals surface area contributed by atoms with Crippen molar-refractivity contribution >= 4 is 0 Å². The van der Waals surface area contributed by atoms with Crippen LogP contribution in [0.4, 0.5) is 0 Å². The second-order valence-corrected chi connectivity index (χ2v) is 7.03. The van der Waals surface area contributed by atoms with E-state index in [1.807, 2.05) is 12.1 Å². The predicted octanol–water partition coefficient (Wildman–Crippen LogP) is 2.80. The Morgan fingerprint density at radius 3 is 3.00 bits per heavy atom. The zero-order chi connectivity index (χ0) is 13.9. The minimum absolute atomic E-state index is 0.0599. The molecule has 3 aliphatic rings. The van der Waals surface area contributed by atoms with Crippen LogP contribution < -0.4 is 0 Å². The van der Waals surface area contributed by atoms with Gasteiger partial charge in [0.25, 0.3) is 0 Å². The van der Waals surface area contributed by atoms with Crippen LogP contribution in [0.5, 0.6) is 5.75 Å². The average Bonchev–Trinajstić information content (AvgIpc) is 2.74. The summed E-state index contributed by atoms with van der Waals surface area (Å²) in [5.41, 5.74) is 2.67. The predicted molar refractivity (Wildman–Crippen MR) is 75.4 cm³/mol. The lowest BCUT2D eigenvalue weighted by atomic mass is 9.55. The van der Waals surface area contributed by atoms with Crippen LogP contribution in [0.25, 0.3) is 0 Å². The molecule has 108 valence electrons. The fraction of sp³-hybridized carbons (Fsp3) is 0.647. The molecular weight excluding hydrogens is 252 g/mol. The van der Waals surface area contributed by atoms with Gasteiger partial charge in [-0.25, -0.2) is 0 Å². The van der Waals surface area contributed by atoms with Gasteiger partial charge in [-0.3, -0.25) is 0 Å². The van der Waals surface area contributed by atoms with Gasteiger partial charge in [-0.15, -0.1) is 0 Å². The topological polar surface area (TPSA) is 49.7 Å². The smallest absolute Gasteiger partial charge is 0.160 e. The number of phenolic OH excluding ortho intramolecular Hbond substituents is 1. The van der Waals surface area contributed by atoms with Gasteiger partial charge >= 0.3 is 0 Å². The highest BCUT2D eigenvalue weighted by molar-refractivity contribution is 5.40. The number of fused-ring (bicyclic) bond motifs is 5. The Bertz CT molecular complexity index is 541. The SMILES string of the molecule is C[C@]12CC[C@@H]3c4ccc(O)cc4CC[C@H]3[C@@H]1CO[C@@H]2O. The van der Waals surface area contributed by atoms with E-state index in [0.29, 0.717) is 30.1 Å². The Kier molecular flexibility index (Phi) is 2.67. The molecular formula is C17H22O3. The molecule has 4 rings (SSSR count). The van der Waals surface area contributed by atoms with Gasteiger partial charge < -0.3 is 14.9 Å². The summed E-state index contributed by atoms with van der Waals surface area (Å²) in [7, 11) is 0. The fourth-order valence-corrected chi connectivity index (χ4v) is 4.92. The molecule has 1 aromatic rings. The van der Waals surface area contributed by atoms with Crippen molar-refractivity contribution in [2.45, 2.75) is 44.8 Å². The maximum absolute atomic E-state index is 10.2. The van der Waals surface area contributed by atoms with Gasteiger partial charge in [-0.1, -0.05) is 13.0 Å². The third-order valence-electron chi connectivity index (χ3n) is 6.15. The van der Waals surface area contributed by atoms with E-state index in [9.17, 15) is 10.2 Å². The van der Waals surface area contributed by atoms with Gasteiger partial charge in [0.15, 0.2) is 6.29 Å².